The Balaban J connectivity index is 2.36. The average Bonchev–Trinajstić information content (AvgIpc) is 3.11. The van der Waals surface area contributed by atoms with Crippen LogP contribution in [0.4, 0.5) is 5.00 Å². The van der Waals surface area contributed by atoms with Gasteiger partial charge in [-0.1, -0.05) is 6.92 Å². The number of carboxylic acids is 1. The number of ether oxygens (including phenoxy) is 1. The van der Waals surface area contributed by atoms with Gasteiger partial charge in [-0.15, -0.1) is 11.3 Å². The predicted molar refractivity (Wildman–Crippen MR) is 87.8 cm³/mol. The predicted octanol–water partition coefficient (Wildman–Crippen LogP) is 2.17. The number of hydrogen-bond donors (Lipinski definition) is 2. The molecule has 0 fully saturated rings. The van der Waals surface area contributed by atoms with Gasteiger partial charge in [0.25, 0.3) is 5.91 Å². The van der Waals surface area contributed by atoms with Crippen molar-refractivity contribution in [1.82, 2.24) is 9.78 Å². The molecule has 1 amide bonds. The number of aromatic carboxylic acids is 1. The summed E-state index contributed by atoms with van der Waals surface area (Å²) < 4.78 is 6.17. The molecular weight excluding hydrogens is 334 g/mol. The number of nitrogens with zero attached hydrogens (tertiary/aromatic N) is 2. The number of aromatic nitrogens is 2. The molecule has 0 aliphatic heterocycles. The van der Waals surface area contributed by atoms with E-state index in [1.165, 1.54) is 23.1 Å². The fourth-order valence-electron chi connectivity index (χ4n) is 2.10. The van der Waals surface area contributed by atoms with Crippen LogP contribution in [0, 0.1) is 0 Å². The second-order valence-corrected chi connectivity index (χ2v) is 5.96. The largest absolute Gasteiger partial charge is 0.478 e. The highest BCUT2D eigenvalue weighted by molar-refractivity contribution is 7.16. The summed E-state index contributed by atoms with van der Waals surface area (Å²) in [4.78, 5) is 36.6. The van der Waals surface area contributed by atoms with E-state index in [2.05, 4.69) is 10.4 Å². The fraction of sp³-hybridized carbons (Fsp3) is 0.333. The summed E-state index contributed by atoms with van der Waals surface area (Å²) in [6, 6.07) is 1.67. The van der Waals surface area contributed by atoms with E-state index < -0.39 is 17.8 Å². The Morgan fingerprint density at radius 3 is 2.62 bits per heavy atom. The van der Waals surface area contributed by atoms with Crippen molar-refractivity contribution in [3.05, 3.63) is 34.0 Å². The topological polar surface area (TPSA) is 111 Å². The van der Waals surface area contributed by atoms with E-state index in [-0.39, 0.29) is 23.4 Å². The minimum absolute atomic E-state index is 0.0937. The Kier molecular flexibility index (Phi) is 5.35. The van der Waals surface area contributed by atoms with E-state index in [9.17, 15) is 14.4 Å². The molecule has 0 spiro atoms. The second-order valence-electron chi connectivity index (χ2n) is 4.82. The van der Waals surface area contributed by atoms with Gasteiger partial charge in [-0.25, -0.2) is 9.59 Å². The summed E-state index contributed by atoms with van der Waals surface area (Å²) in [6.45, 7) is 3.84. The first-order valence-corrected chi connectivity index (χ1v) is 8.07. The van der Waals surface area contributed by atoms with Crippen molar-refractivity contribution in [2.75, 3.05) is 11.9 Å². The molecule has 0 atom stereocenters. The van der Waals surface area contributed by atoms with Gasteiger partial charge in [0.15, 0.2) is 0 Å². The Labute approximate surface area is 142 Å². The van der Waals surface area contributed by atoms with Gasteiger partial charge < -0.3 is 15.2 Å². The third-order valence-corrected chi connectivity index (χ3v) is 4.43. The van der Waals surface area contributed by atoms with Gasteiger partial charge in [-0.05, 0) is 19.4 Å². The first-order valence-electron chi connectivity index (χ1n) is 7.25. The van der Waals surface area contributed by atoms with Gasteiger partial charge in [0.2, 0.25) is 0 Å². The molecule has 0 radical (unpaired) electrons. The highest BCUT2D eigenvalue weighted by Gasteiger charge is 2.24. The maximum Gasteiger partial charge on any atom is 0.341 e. The number of rotatable bonds is 6. The van der Waals surface area contributed by atoms with Crippen molar-refractivity contribution in [1.29, 1.82) is 0 Å². The van der Waals surface area contributed by atoms with E-state index in [1.54, 1.807) is 13.0 Å². The molecule has 2 aromatic rings. The Morgan fingerprint density at radius 2 is 2.04 bits per heavy atom. The normalized spacial score (nSPS) is 10.5. The van der Waals surface area contributed by atoms with Crippen molar-refractivity contribution in [3.8, 4) is 0 Å². The molecule has 2 rings (SSSR count). The molecule has 24 heavy (non-hydrogen) atoms. The molecule has 0 saturated heterocycles. The van der Waals surface area contributed by atoms with Crippen molar-refractivity contribution in [2.24, 2.45) is 7.05 Å². The number of thiophene rings is 1. The van der Waals surface area contributed by atoms with Crippen LogP contribution in [0.3, 0.4) is 0 Å². The quantitative estimate of drug-likeness (QED) is 0.772. The first-order chi connectivity index (χ1) is 11.4. The second kappa shape index (κ2) is 7.26. The van der Waals surface area contributed by atoms with Crippen LogP contribution in [-0.2, 0) is 18.2 Å². The summed E-state index contributed by atoms with van der Waals surface area (Å²) in [5.74, 6) is -2.44. The third kappa shape index (κ3) is 3.46. The first kappa shape index (κ1) is 17.7. The molecule has 0 saturated carbocycles. The molecule has 9 heteroatoms. The van der Waals surface area contributed by atoms with Gasteiger partial charge >= 0.3 is 11.9 Å². The van der Waals surface area contributed by atoms with Gasteiger partial charge in [0.1, 0.15) is 16.3 Å². The summed E-state index contributed by atoms with van der Waals surface area (Å²) in [7, 11) is 1.47. The minimum Gasteiger partial charge on any atom is -0.478 e. The number of amides is 1. The number of carboxylic acid groups (broad SMARTS) is 1. The maximum absolute atomic E-state index is 12.5. The van der Waals surface area contributed by atoms with Crippen molar-refractivity contribution in [2.45, 2.75) is 20.3 Å². The monoisotopic (exact) mass is 351 g/mol. The lowest BCUT2D eigenvalue weighted by molar-refractivity contribution is 0.0527. The van der Waals surface area contributed by atoms with Crippen LogP contribution in [-0.4, -0.2) is 39.3 Å². The van der Waals surface area contributed by atoms with Crippen LogP contribution in [0.2, 0.25) is 0 Å². The zero-order chi connectivity index (χ0) is 17.9. The molecule has 0 aliphatic carbocycles. The molecular formula is C15H17N3O5S. The highest BCUT2D eigenvalue weighted by atomic mass is 32.1. The number of nitrogens with one attached hydrogen (secondary N) is 1. The number of carbonyl (C=O) groups excluding carboxylic acids is 2. The van der Waals surface area contributed by atoms with Crippen LogP contribution < -0.4 is 5.32 Å². The number of anilines is 1. The van der Waals surface area contributed by atoms with Crippen LogP contribution >= 0.6 is 11.3 Å². The molecule has 0 bridgehead atoms. The minimum atomic E-state index is -1.25. The summed E-state index contributed by atoms with van der Waals surface area (Å²) >= 11 is 1.25. The lowest BCUT2D eigenvalue weighted by Gasteiger charge is -2.07. The van der Waals surface area contributed by atoms with E-state index >= 15 is 0 Å². The van der Waals surface area contributed by atoms with Crippen LogP contribution in [0.15, 0.2) is 12.3 Å². The van der Waals surface area contributed by atoms with Crippen LogP contribution in [0.5, 0.6) is 0 Å². The van der Waals surface area contributed by atoms with Gasteiger partial charge in [0, 0.05) is 11.9 Å². The van der Waals surface area contributed by atoms with E-state index in [0.717, 1.165) is 11.1 Å². The zero-order valence-corrected chi connectivity index (χ0v) is 14.3. The zero-order valence-electron chi connectivity index (χ0n) is 13.5. The van der Waals surface area contributed by atoms with Crippen molar-refractivity contribution in [3.63, 3.8) is 0 Å². The lowest BCUT2D eigenvalue weighted by atomic mass is 10.2. The summed E-state index contributed by atoms with van der Waals surface area (Å²) in [5.41, 5.74) is -0.0465. The van der Waals surface area contributed by atoms with Crippen LogP contribution in [0.1, 0.15) is 49.9 Å². The highest BCUT2D eigenvalue weighted by Crippen LogP contribution is 2.30. The molecule has 0 aromatic carbocycles. The lowest BCUT2D eigenvalue weighted by Crippen LogP contribution is -2.20. The number of aryl methyl sites for hydroxylation is 2. The molecule has 8 nitrogen and oxygen atoms in total. The van der Waals surface area contributed by atoms with Crippen molar-refractivity contribution >= 4 is 34.2 Å². The Morgan fingerprint density at radius 1 is 1.33 bits per heavy atom. The van der Waals surface area contributed by atoms with Gasteiger partial charge in [-0.3, -0.25) is 9.48 Å². The van der Waals surface area contributed by atoms with Gasteiger partial charge in [-0.2, -0.15) is 5.10 Å². The average molecular weight is 351 g/mol. The van der Waals surface area contributed by atoms with Crippen LogP contribution in [0.25, 0.3) is 0 Å². The molecule has 128 valence electrons. The standard InChI is InChI=1S/C15H17N3O5S/c1-4-8-6-9(15(22)23-5-2)13(24-8)17-12(19)11-10(14(20)21)7-16-18(11)3/h6-7H,4-5H2,1-3H3,(H,17,19)(H,20,21). The number of esters is 1. The summed E-state index contributed by atoms with van der Waals surface area (Å²) in [5, 5.41) is 15.9. The SMILES string of the molecule is CCOC(=O)c1cc(CC)sc1NC(=O)c1c(C(=O)O)cnn1C. The third-order valence-electron chi connectivity index (χ3n) is 3.24. The molecule has 0 aliphatic rings. The molecule has 0 unspecified atom stereocenters. The maximum atomic E-state index is 12.5. The Hall–Kier alpha value is -2.68. The van der Waals surface area contributed by atoms with E-state index in [0.29, 0.717) is 11.4 Å². The van der Waals surface area contributed by atoms with Gasteiger partial charge in [0.05, 0.1) is 18.4 Å². The summed E-state index contributed by atoms with van der Waals surface area (Å²) in [6.07, 6.45) is 1.80. The molecule has 2 aromatic heterocycles. The number of carbonyl (C=O) groups is 3. The number of hydrogen-bond acceptors (Lipinski definition) is 6. The van der Waals surface area contributed by atoms with E-state index in [1.807, 2.05) is 6.92 Å². The molecule has 2 heterocycles. The fourth-order valence-corrected chi connectivity index (χ4v) is 3.07. The van der Waals surface area contributed by atoms with E-state index in [4.69, 9.17) is 9.84 Å². The van der Waals surface area contributed by atoms with Crippen molar-refractivity contribution < 1.29 is 24.2 Å². The Bertz CT molecular complexity index is 793. The smallest absolute Gasteiger partial charge is 0.341 e. The molecule has 2 N–H and O–H groups in total.